The highest BCUT2D eigenvalue weighted by Crippen LogP contribution is 2.35. The van der Waals surface area contributed by atoms with E-state index in [0.29, 0.717) is 17.7 Å². The first-order chi connectivity index (χ1) is 12.3. The Balaban J connectivity index is 1.39. The smallest absolute Gasteiger partial charge is 0.227 e. The molecule has 3 aliphatic heterocycles. The summed E-state index contributed by atoms with van der Waals surface area (Å²) < 4.78 is 12.3. The number of rotatable bonds is 4. The summed E-state index contributed by atoms with van der Waals surface area (Å²) in [6.45, 7) is 1.90. The fourth-order valence-electron chi connectivity index (χ4n) is 3.51. The van der Waals surface area contributed by atoms with Gasteiger partial charge in [0, 0.05) is 48.7 Å². The second-order valence-electron chi connectivity index (χ2n) is 6.84. The van der Waals surface area contributed by atoms with Crippen molar-refractivity contribution in [2.45, 2.75) is 23.3 Å². The molecule has 0 radical (unpaired) electrons. The Kier molecular flexibility index (Phi) is 3.93. The molecule has 0 unspecified atom stereocenters. The molecule has 0 amide bonds. The summed E-state index contributed by atoms with van der Waals surface area (Å²) in [5, 5.41) is 3.50. The van der Waals surface area contributed by atoms with Gasteiger partial charge in [0.15, 0.2) is 0 Å². The summed E-state index contributed by atoms with van der Waals surface area (Å²) >= 11 is 1.93. The van der Waals surface area contributed by atoms with Crippen LogP contribution in [-0.4, -0.2) is 50.6 Å². The Labute approximate surface area is 154 Å². The van der Waals surface area contributed by atoms with Crippen LogP contribution >= 0.6 is 11.8 Å². The summed E-state index contributed by atoms with van der Waals surface area (Å²) in [5.74, 6) is 5.02. The highest BCUT2D eigenvalue weighted by atomic mass is 32.2. The number of aryl methyl sites for hydroxylation is 1. The third-order valence-electron chi connectivity index (χ3n) is 5.09. The van der Waals surface area contributed by atoms with Crippen LogP contribution in [0.25, 0.3) is 0 Å². The summed E-state index contributed by atoms with van der Waals surface area (Å²) in [5.41, 5.74) is 2.35. The second-order valence-corrected chi connectivity index (χ2v) is 9.42. The van der Waals surface area contributed by atoms with Crippen LogP contribution in [-0.2, 0) is 17.2 Å². The molecule has 130 valence electrons. The number of hydrogen-bond donors (Lipinski definition) is 1. The number of benzene rings is 1. The molecule has 2 aromatic rings. The maximum absolute atomic E-state index is 12.3. The van der Waals surface area contributed by atoms with E-state index in [1.165, 1.54) is 5.56 Å². The molecular weight excluding hydrogens is 352 g/mol. The summed E-state index contributed by atoms with van der Waals surface area (Å²) in [6.07, 6.45) is 0.793. The van der Waals surface area contributed by atoms with Gasteiger partial charge in [-0.25, -0.2) is 4.98 Å². The highest BCUT2D eigenvalue weighted by molar-refractivity contribution is 8.00. The first kappa shape index (κ1) is 15.6. The summed E-state index contributed by atoms with van der Waals surface area (Å²) in [4.78, 5) is 12.6. The van der Waals surface area contributed by atoms with Crippen molar-refractivity contribution in [1.82, 2.24) is 9.97 Å². The van der Waals surface area contributed by atoms with Crippen LogP contribution in [0.1, 0.15) is 17.2 Å². The first-order valence-electron chi connectivity index (χ1n) is 8.71. The van der Waals surface area contributed by atoms with Crippen molar-refractivity contribution in [3.8, 4) is 0 Å². The molecule has 2 fully saturated rings. The lowest BCUT2D eigenvalue weighted by molar-refractivity contribution is 0.512. The monoisotopic (exact) mass is 372 g/mol. The standard InChI is InChI=1S/C18H20N4OS2/c23-25-7-6-15-16(25)17(19-14-10-24-11-14)21-18(20-15)22-8-13(9-22)12-4-2-1-3-5-12/h1-5,13-14H,6-11H2,(H,19,20,21)/t25-/m0/s1. The zero-order valence-electron chi connectivity index (χ0n) is 13.9. The van der Waals surface area contributed by atoms with Crippen LogP contribution < -0.4 is 10.2 Å². The van der Waals surface area contributed by atoms with E-state index < -0.39 is 10.8 Å². The molecule has 3 aliphatic rings. The Bertz CT molecular complexity index is 819. The van der Waals surface area contributed by atoms with Crippen LogP contribution in [0.5, 0.6) is 0 Å². The SMILES string of the molecule is O=[S@]1CCc2nc(N3CC(c4ccccc4)C3)nc(NC3CSC3)c21. The van der Waals surface area contributed by atoms with Gasteiger partial charge in [0.05, 0.1) is 16.5 Å². The predicted molar refractivity (Wildman–Crippen MR) is 103 cm³/mol. The van der Waals surface area contributed by atoms with Gasteiger partial charge < -0.3 is 10.2 Å². The molecule has 4 heterocycles. The molecule has 0 bridgehead atoms. The van der Waals surface area contributed by atoms with Gasteiger partial charge in [0.1, 0.15) is 10.7 Å². The fourth-order valence-corrected chi connectivity index (χ4v) is 5.47. The minimum atomic E-state index is -0.959. The molecule has 2 saturated heterocycles. The quantitative estimate of drug-likeness (QED) is 0.889. The lowest BCUT2D eigenvalue weighted by Crippen LogP contribution is -2.46. The maximum atomic E-state index is 12.3. The number of thioether (sulfide) groups is 1. The van der Waals surface area contributed by atoms with E-state index in [1.54, 1.807) is 0 Å². The van der Waals surface area contributed by atoms with Gasteiger partial charge in [-0.1, -0.05) is 30.3 Å². The van der Waals surface area contributed by atoms with E-state index in [1.807, 2.05) is 11.8 Å². The summed E-state index contributed by atoms with van der Waals surface area (Å²) in [6, 6.07) is 11.1. The van der Waals surface area contributed by atoms with Crippen LogP contribution in [0, 0.1) is 0 Å². The van der Waals surface area contributed by atoms with Gasteiger partial charge in [0.2, 0.25) is 5.95 Å². The minimum absolute atomic E-state index is 0.447. The Hall–Kier alpha value is -1.60. The third kappa shape index (κ3) is 2.83. The van der Waals surface area contributed by atoms with Crippen molar-refractivity contribution in [2.75, 3.05) is 40.6 Å². The minimum Gasteiger partial charge on any atom is -0.364 e. The Morgan fingerprint density at radius 1 is 1.16 bits per heavy atom. The number of aromatic nitrogens is 2. The number of fused-ring (bicyclic) bond motifs is 1. The Morgan fingerprint density at radius 3 is 2.68 bits per heavy atom. The number of nitrogens with zero attached hydrogens (tertiary/aromatic N) is 3. The van der Waals surface area contributed by atoms with Gasteiger partial charge in [-0.15, -0.1) is 0 Å². The van der Waals surface area contributed by atoms with E-state index in [0.717, 1.165) is 53.4 Å². The molecule has 0 aliphatic carbocycles. The van der Waals surface area contributed by atoms with E-state index >= 15 is 0 Å². The lowest BCUT2D eigenvalue weighted by Gasteiger charge is -2.40. The first-order valence-corrected chi connectivity index (χ1v) is 11.2. The zero-order chi connectivity index (χ0) is 16.8. The van der Waals surface area contributed by atoms with Crippen LogP contribution in [0.4, 0.5) is 11.8 Å². The van der Waals surface area contributed by atoms with Gasteiger partial charge >= 0.3 is 0 Å². The van der Waals surface area contributed by atoms with Crippen molar-refractivity contribution in [3.05, 3.63) is 41.6 Å². The van der Waals surface area contributed by atoms with E-state index in [4.69, 9.17) is 9.97 Å². The second kappa shape index (κ2) is 6.29. The molecule has 1 aromatic heterocycles. The number of hydrogen-bond acceptors (Lipinski definition) is 6. The van der Waals surface area contributed by atoms with Crippen molar-refractivity contribution in [1.29, 1.82) is 0 Å². The van der Waals surface area contributed by atoms with Crippen LogP contribution in [0.2, 0.25) is 0 Å². The predicted octanol–water partition coefficient (Wildman–Crippen LogP) is 2.27. The van der Waals surface area contributed by atoms with Gasteiger partial charge in [0.25, 0.3) is 0 Å². The van der Waals surface area contributed by atoms with E-state index in [9.17, 15) is 4.21 Å². The normalized spacial score (nSPS) is 23.0. The van der Waals surface area contributed by atoms with Crippen molar-refractivity contribution < 1.29 is 4.21 Å². The van der Waals surface area contributed by atoms with Crippen molar-refractivity contribution in [2.24, 2.45) is 0 Å². The molecule has 7 heteroatoms. The van der Waals surface area contributed by atoms with E-state index in [-0.39, 0.29) is 0 Å². The van der Waals surface area contributed by atoms with Gasteiger partial charge in [-0.3, -0.25) is 4.21 Å². The number of anilines is 2. The average molecular weight is 373 g/mol. The maximum Gasteiger partial charge on any atom is 0.227 e. The topological polar surface area (TPSA) is 58.1 Å². The number of nitrogens with one attached hydrogen (secondary N) is 1. The fraction of sp³-hybridized carbons (Fsp3) is 0.444. The molecule has 1 atom stereocenters. The van der Waals surface area contributed by atoms with Crippen molar-refractivity contribution in [3.63, 3.8) is 0 Å². The zero-order valence-corrected chi connectivity index (χ0v) is 15.5. The van der Waals surface area contributed by atoms with Crippen LogP contribution in [0.15, 0.2) is 35.2 Å². The molecule has 25 heavy (non-hydrogen) atoms. The third-order valence-corrected chi connectivity index (χ3v) is 7.83. The largest absolute Gasteiger partial charge is 0.364 e. The van der Waals surface area contributed by atoms with Gasteiger partial charge in [-0.2, -0.15) is 16.7 Å². The molecule has 1 aromatic carbocycles. The van der Waals surface area contributed by atoms with Crippen molar-refractivity contribution >= 4 is 34.3 Å². The average Bonchev–Trinajstić information content (AvgIpc) is 2.92. The molecule has 0 saturated carbocycles. The lowest BCUT2D eigenvalue weighted by atomic mass is 9.92. The van der Waals surface area contributed by atoms with Crippen LogP contribution in [0.3, 0.4) is 0 Å². The molecule has 5 rings (SSSR count). The van der Waals surface area contributed by atoms with E-state index in [2.05, 4.69) is 40.5 Å². The molecule has 0 spiro atoms. The Morgan fingerprint density at radius 2 is 1.96 bits per heavy atom. The summed E-state index contributed by atoms with van der Waals surface area (Å²) in [7, 11) is -0.959. The highest BCUT2D eigenvalue weighted by Gasteiger charge is 2.33. The van der Waals surface area contributed by atoms with Gasteiger partial charge in [-0.05, 0) is 5.56 Å². The molecule has 1 N–H and O–H groups in total. The molecule has 5 nitrogen and oxygen atoms in total. The molecular formula is C18H20N4OS2.